The van der Waals surface area contributed by atoms with Crippen molar-refractivity contribution in [2.24, 2.45) is 5.73 Å². The maximum Gasteiger partial charge on any atom is 0.242 e. The summed E-state index contributed by atoms with van der Waals surface area (Å²) in [4.78, 5) is 25.2. The van der Waals surface area contributed by atoms with Gasteiger partial charge >= 0.3 is 0 Å². The summed E-state index contributed by atoms with van der Waals surface area (Å²) in [6.45, 7) is 4.88. The number of aryl methyl sites for hydroxylation is 1. The van der Waals surface area contributed by atoms with E-state index in [2.05, 4.69) is 47.1 Å². The van der Waals surface area contributed by atoms with Crippen molar-refractivity contribution in [3.05, 3.63) is 70.8 Å². The second-order valence-corrected chi connectivity index (χ2v) is 8.20. The number of nitrogens with two attached hydrogens (primary N) is 1. The maximum atomic E-state index is 12.7. The van der Waals surface area contributed by atoms with E-state index in [0.717, 1.165) is 18.5 Å². The molecule has 3 rings (SSSR count). The molecule has 0 spiro atoms. The molecule has 31 heavy (non-hydrogen) atoms. The minimum Gasteiger partial charge on any atom is -0.384 e. The Bertz CT molecular complexity index is 941. The summed E-state index contributed by atoms with van der Waals surface area (Å²) in [5.74, 6) is -0.0484. The normalized spacial score (nSPS) is 19.3. The third-order valence-corrected chi connectivity index (χ3v) is 5.72. The summed E-state index contributed by atoms with van der Waals surface area (Å²) < 4.78 is 0. The molecule has 1 heterocycles. The highest BCUT2D eigenvalue weighted by atomic mass is 16.2. The summed E-state index contributed by atoms with van der Waals surface area (Å²) in [5.41, 5.74) is 9.47. The molecule has 164 valence electrons. The van der Waals surface area contributed by atoms with Crippen molar-refractivity contribution in [1.82, 2.24) is 16.0 Å². The van der Waals surface area contributed by atoms with Crippen LogP contribution < -0.4 is 21.7 Å². The van der Waals surface area contributed by atoms with Gasteiger partial charge in [0.25, 0.3) is 0 Å². The van der Waals surface area contributed by atoms with Gasteiger partial charge in [0, 0.05) is 12.1 Å². The van der Waals surface area contributed by atoms with Gasteiger partial charge in [0.05, 0.1) is 6.04 Å². The van der Waals surface area contributed by atoms with E-state index in [9.17, 15) is 9.59 Å². The molecular weight excluding hydrogens is 390 g/mol. The predicted molar refractivity (Wildman–Crippen MR) is 122 cm³/mol. The molecule has 0 unspecified atom stereocenters. The van der Waals surface area contributed by atoms with E-state index < -0.39 is 6.04 Å². The minimum absolute atomic E-state index is 0.00730. The fourth-order valence-corrected chi connectivity index (χ4v) is 3.87. The van der Waals surface area contributed by atoms with Crippen LogP contribution >= 0.6 is 0 Å². The van der Waals surface area contributed by atoms with Crippen LogP contribution in [0.25, 0.3) is 0 Å². The number of amidine groups is 1. The first-order valence-electron chi connectivity index (χ1n) is 10.6. The Labute approximate surface area is 183 Å². The molecule has 3 atom stereocenters. The van der Waals surface area contributed by atoms with Gasteiger partial charge in [-0.15, -0.1) is 0 Å². The van der Waals surface area contributed by atoms with Crippen molar-refractivity contribution in [2.75, 3.05) is 6.54 Å². The summed E-state index contributed by atoms with van der Waals surface area (Å²) in [6.07, 6.45) is 1.71. The third-order valence-electron chi connectivity index (χ3n) is 5.72. The van der Waals surface area contributed by atoms with E-state index >= 15 is 0 Å². The topological polar surface area (TPSA) is 120 Å². The zero-order valence-electron chi connectivity index (χ0n) is 18.1. The molecule has 1 fully saturated rings. The molecule has 0 aromatic heterocycles. The largest absolute Gasteiger partial charge is 0.384 e. The third kappa shape index (κ3) is 6.15. The molecule has 1 saturated heterocycles. The van der Waals surface area contributed by atoms with Crippen molar-refractivity contribution in [3.8, 4) is 0 Å². The lowest BCUT2D eigenvalue weighted by Crippen LogP contribution is -2.53. The van der Waals surface area contributed by atoms with Crippen LogP contribution in [0.15, 0.2) is 48.5 Å². The standard InChI is InChI=1S/C24H31N5O2/c1-15-4-3-5-19(12-15)20-10-11-27-21(13-20)24(31)29-16(2)23(30)28-14-17-6-8-18(9-7-17)22(25)26/h3-9,12,16,20-21,27H,10-11,13-14H2,1-2H3,(H3,25,26)(H,28,30)(H,29,31)/t16-,20-,21+/m0/s1. The summed E-state index contributed by atoms with van der Waals surface area (Å²) >= 11 is 0. The smallest absolute Gasteiger partial charge is 0.242 e. The Morgan fingerprint density at radius 2 is 1.97 bits per heavy atom. The molecule has 1 aliphatic heterocycles. The van der Waals surface area contributed by atoms with Crippen molar-refractivity contribution in [3.63, 3.8) is 0 Å². The van der Waals surface area contributed by atoms with E-state index in [1.807, 2.05) is 12.1 Å². The number of benzene rings is 2. The number of nitrogen functional groups attached to an aromatic ring is 1. The van der Waals surface area contributed by atoms with Crippen LogP contribution in [0, 0.1) is 12.3 Å². The number of amides is 2. The second kappa shape index (κ2) is 10.2. The van der Waals surface area contributed by atoms with Crippen LogP contribution in [0.1, 0.15) is 47.9 Å². The molecule has 0 saturated carbocycles. The number of piperidine rings is 1. The van der Waals surface area contributed by atoms with Gasteiger partial charge in [-0.05, 0) is 50.3 Å². The molecule has 2 aromatic carbocycles. The molecular formula is C24H31N5O2. The molecule has 2 aromatic rings. The van der Waals surface area contributed by atoms with Crippen molar-refractivity contribution in [2.45, 2.75) is 51.2 Å². The van der Waals surface area contributed by atoms with Crippen molar-refractivity contribution in [1.29, 1.82) is 5.41 Å². The molecule has 0 bridgehead atoms. The summed E-state index contributed by atoms with van der Waals surface area (Å²) in [6, 6.07) is 14.6. The first kappa shape index (κ1) is 22.5. The van der Waals surface area contributed by atoms with Gasteiger partial charge in [-0.1, -0.05) is 54.1 Å². The molecule has 0 radical (unpaired) electrons. The molecule has 2 amide bonds. The fraction of sp³-hybridized carbons (Fsp3) is 0.375. The highest BCUT2D eigenvalue weighted by Gasteiger charge is 2.29. The van der Waals surface area contributed by atoms with Gasteiger partial charge in [0.2, 0.25) is 11.8 Å². The number of rotatable bonds is 7. The lowest BCUT2D eigenvalue weighted by atomic mass is 9.85. The lowest BCUT2D eigenvalue weighted by Gasteiger charge is -2.30. The number of hydrogen-bond acceptors (Lipinski definition) is 4. The number of nitrogens with one attached hydrogen (secondary N) is 4. The monoisotopic (exact) mass is 421 g/mol. The van der Waals surface area contributed by atoms with E-state index in [1.54, 1.807) is 19.1 Å². The van der Waals surface area contributed by atoms with Crippen LogP contribution in [0.4, 0.5) is 0 Å². The van der Waals surface area contributed by atoms with Crippen LogP contribution in [0.3, 0.4) is 0 Å². The summed E-state index contributed by atoms with van der Waals surface area (Å²) in [7, 11) is 0. The first-order chi connectivity index (χ1) is 14.8. The Morgan fingerprint density at radius 1 is 1.23 bits per heavy atom. The molecule has 7 heteroatoms. The lowest BCUT2D eigenvalue weighted by molar-refractivity contribution is -0.130. The van der Waals surface area contributed by atoms with Gasteiger partial charge in [0.1, 0.15) is 11.9 Å². The first-order valence-corrected chi connectivity index (χ1v) is 10.6. The van der Waals surface area contributed by atoms with E-state index in [-0.39, 0.29) is 23.7 Å². The molecule has 1 aliphatic rings. The average Bonchev–Trinajstić information content (AvgIpc) is 2.77. The Balaban J connectivity index is 1.49. The van der Waals surface area contributed by atoms with E-state index in [0.29, 0.717) is 24.4 Å². The number of carbonyl (C=O) groups is 2. The number of hydrogen-bond donors (Lipinski definition) is 5. The molecule has 7 nitrogen and oxygen atoms in total. The Morgan fingerprint density at radius 3 is 2.65 bits per heavy atom. The van der Waals surface area contributed by atoms with Gasteiger partial charge in [-0.25, -0.2) is 0 Å². The highest BCUT2D eigenvalue weighted by molar-refractivity contribution is 5.95. The zero-order valence-corrected chi connectivity index (χ0v) is 18.1. The quantitative estimate of drug-likeness (QED) is 0.347. The number of carbonyl (C=O) groups excluding carboxylic acids is 2. The molecule has 6 N–H and O–H groups in total. The van der Waals surface area contributed by atoms with Crippen molar-refractivity contribution >= 4 is 17.6 Å². The summed E-state index contributed by atoms with van der Waals surface area (Å²) in [5, 5.41) is 16.4. The fourth-order valence-electron chi connectivity index (χ4n) is 3.87. The van der Waals surface area contributed by atoms with E-state index in [4.69, 9.17) is 11.1 Å². The average molecular weight is 422 g/mol. The van der Waals surface area contributed by atoms with Crippen LogP contribution in [-0.2, 0) is 16.1 Å². The van der Waals surface area contributed by atoms with Gasteiger partial charge in [-0.3, -0.25) is 15.0 Å². The van der Waals surface area contributed by atoms with Gasteiger partial charge in [-0.2, -0.15) is 0 Å². The van der Waals surface area contributed by atoms with Gasteiger partial charge < -0.3 is 21.7 Å². The van der Waals surface area contributed by atoms with E-state index in [1.165, 1.54) is 11.1 Å². The minimum atomic E-state index is -0.634. The van der Waals surface area contributed by atoms with Crippen molar-refractivity contribution < 1.29 is 9.59 Å². The van der Waals surface area contributed by atoms with Gasteiger partial charge in [0.15, 0.2) is 0 Å². The van der Waals surface area contributed by atoms with Crippen LogP contribution in [0.5, 0.6) is 0 Å². The Hall–Kier alpha value is -3.19. The Kier molecular flexibility index (Phi) is 7.41. The maximum absolute atomic E-state index is 12.7. The van der Waals surface area contributed by atoms with Crippen LogP contribution in [-0.4, -0.2) is 36.3 Å². The predicted octanol–water partition coefficient (Wildman–Crippen LogP) is 1.94. The molecule has 0 aliphatic carbocycles. The van der Waals surface area contributed by atoms with Crippen LogP contribution in [0.2, 0.25) is 0 Å². The SMILES string of the molecule is Cc1cccc([C@H]2CCN[C@@H](C(=O)N[C@@H](C)C(=O)NCc3ccc(C(=N)N)cc3)C2)c1. The zero-order chi connectivity index (χ0) is 22.4. The second-order valence-electron chi connectivity index (χ2n) is 8.20. The highest BCUT2D eigenvalue weighted by Crippen LogP contribution is 2.28.